The van der Waals surface area contributed by atoms with Gasteiger partial charge in [-0.25, -0.2) is 17.9 Å². The van der Waals surface area contributed by atoms with Crippen LogP contribution in [-0.4, -0.2) is 18.2 Å². The number of aromatic nitrogens is 1. The average Bonchev–Trinajstić information content (AvgIpc) is 2.75. The Balaban J connectivity index is 1.92. The topological polar surface area (TPSA) is 71.3 Å². The molecule has 2 aromatic carbocycles. The first-order valence-corrected chi connectivity index (χ1v) is 8.04. The number of para-hydroxylation sites is 1. The van der Waals surface area contributed by atoms with Gasteiger partial charge in [0, 0.05) is 11.5 Å². The lowest BCUT2D eigenvalue weighted by Gasteiger charge is -2.11. The van der Waals surface area contributed by atoms with Gasteiger partial charge in [0.2, 0.25) is 15.9 Å². The van der Waals surface area contributed by atoms with Gasteiger partial charge in [-0.15, -0.1) is 0 Å². The largest absolute Gasteiger partial charge is 0.493 e. The van der Waals surface area contributed by atoms with Crippen LogP contribution in [0.1, 0.15) is 5.56 Å². The molecule has 0 aliphatic carbocycles. The van der Waals surface area contributed by atoms with E-state index in [4.69, 9.17) is 0 Å². The lowest BCUT2D eigenvalue weighted by Crippen LogP contribution is -2.24. The third-order valence-electron chi connectivity index (χ3n) is 3.12. The Morgan fingerprint density at radius 2 is 1.67 bits per heavy atom. The molecular weight excluding hydrogens is 288 g/mol. The smallest absolute Gasteiger partial charge is 0.250 e. The van der Waals surface area contributed by atoms with Crippen molar-refractivity contribution in [3.8, 4) is 5.88 Å². The van der Waals surface area contributed by atoms with Gasteiger partial charge < -0.3 is 5.11 Å². The second kappa shape index (κ2) is 5.14. The minimum atomic E-state index is -3.62. The first-order chi connectivity index (χ1) is 10.1. The summed E-state index contributed by atoms with van der Waals surface area (Å²) in [7, 11) is -3.62. The number of hydrogen-bond donors (Lipinski definition) is 2. The molecule has 0 unspecified atom stereocenters. The number of aromatic hydroxyl groups is 1. The van der Waals surface area contributed by atoms with E-state index in [2.05, 4.69) is 4.83 Å². The maximum atomic E-state index is 12.2. The van der Waals surface area contributed by atoms with Crippen LogP contribution in [0.5, 0.6) is 5.88 Å². The minimum Gasteiger partial charge on any atom is -0.493 e. The molecule has 0 spiro atoms. The van der Waals surface area contributed by atoms with Gasteiger partial charge in [-0.05, 0) is 11.6 Å². The van der Waals surface area contributed by atoms with Gasteiger partial charge in [0.15, 0.2) is 0 Å². The molecule has 0 amide bonds. The highest BCUT2D eigenvalue weighted by Gasteiger charge is 2.15. The molecule has 0 radical (unpaired) electrons. The van der Waals surface area contributed by atoms with Crippen LogP contribution in [0.4, 0.5) is 0 Å². The molecule has 3 rings (SSSR count). The number of hydrogen-bond acceptors (Lipinski definition) is 3. The van der Waals surface area contributed by atoms with Crippen molar-refractivity contribution in [2.75, 3.05) is 4.83 Å². The van der Waals surface area contributed by atoms with Gasteiger partial charge in [-0.2, -0.15) is 0 Å². The summed E-state index contributed by atoms with van der Waals surface area (Å²) < 4.78 is 25.6. The normalized spacial score (nSPS) is 11.6. The molecule has 0 saturated carbocycles. The summed E-state index contributed by atoms with van der Waals surface area (Å²) in [5.74, 6) is -0.299. The van der Waals surface area contributed by atoms with Crippen LogP contribution in [0.2, 0.25) is 0 Å². The van der Waals surface area contributed by atoms with E-state index < -0.39 is 10.0 Å². The van der Waals surface area contributed by atoms with Crippen LogP contribution in [0.25, 0.3) is 10.9 Å². The van der Waals surface area contributed by atoms with Gasteiger partial charge in [0.25, 0.3) is 0 Å². The molecule has 0 atom stereocenters. The Labute approximate surface area is 122 Å². The number of benzene rings is 2. The zero-order valence-corrected chi connectivity index (χ0v) is 11.9. The molecule has 6 heteroatoms. The van der Waals surface area contributed by atoms with Gasteiger partial charge in [0.1, 0.15) is 0 Å². The fourth-order valence-corrected chi connectivity index (χ4v) is 3.37. The Kier molecular flexibility index (Phi) is 3.31. The number of nitrogens with zero attached hydrogens (tertiary/aromatic N) is 1. The van der Waals surface area contributed by atoms with Crippen LogP contribution < -0.4 is 4.83 Å². The second-order valence-corrected chi connectivity index (χ2v) is 6.43. The van der Waals surface area contributed by atoms with Crippen molar-refractivity contribution in [2.45, 2.75) is 5.75 Å². The van der Waals surface area contributed by atoms with Gasteiger partial charge in [-0.3, -0.25) is 0 Å². The fraction of sp³-hybridized carbons (Fsp3) is 0.0667. The van der Waals surface area contributed by atoms with E-state index >= 15 is 0 Å². The Morgan fingerprint density at radius 1 is 1.00 bits per heavy atom. The summed E-state index contributed by atoms with van der Waals surface area (Å²) in [6, 6.07) is 17.5. The molecular formula is C15H14N2O3S. The van der Waals surface area contributed by atoms with E-state index in [1.54, 1.807) is 42.5 Å². The summed E-state index contributed by atoms with van der Waals surface area (Å²) in [6.45, 7) is 0. The molecule has 2 N–H and O–H groups in total. The number of sulfonamides is 1. The number of rotatable bonds is 4. The molecule has 0 aliphatic rings. The Bertz CT molecular complexity index is 870. The molecule has 108 valence electrons. The van der Waals surface area contributed by atoms with Gasteiger partial charge >= 0.3 is 0 Å². The summed E-state index contributed by atoms with van der Waals surface area (Å²) in [5.41, 5.74) is 1.28. The third kappa shape index (κ3) is 2.85. The van der Waals surface area contributed by atoms with Crippen molar-refractivity contribution in [3.63, 3.8) is 0 Å². The highest BCUT2D eigenvalue weighted by Crippen LogP contribution is 2.23. The van der Waals surface area contributed by atoms with Crippen molar-refractivity contribution < 1.29 is 13.5 Å². The highest BCUT2D eigenvalue weighted by molar-refractivity contribution is 7.91. The highest BCUT2D eigenvalue weighted by atomic mass is 32.2. The average molecular weight is 302 g/mol. The van der Waals surface area contributed by atoms with Gasteiger partial charge in [0.05, 0.1) is 11.3 Å². The molecule has 5 nitrogen and oxygen atoms in total. The maximum absolute atomic E-state index is 12.2. The van der Waals surface area contributed by atoms with E-state index in [9.17, 15) is 13.5 Å². The van der Waals surface area contributed by atoms with Gasteiger partial charge in [-0.1, -0.05) is 48.5 Å². The molecule has 1 aromatic heterocycles. The van der Waals surface area contributed by atoms with E-state index in [1.165, 1.54) is 10.7 Å². The Hall–Kier alpha value is -2.47. The van der Waals surface area contributed by atoms with Crippen molar-refractivity contribution in [2.24, 2.45) is 0 Å². The number of nitrogens with one attached hydrogen (secondary N) is 1. The predicted molar refractivity (Wildman–Crippen MR) is 82.0 cm³/mol. The van der Waals surface area contributed by atoms with E-state index in [0.717, 1.165) is 5.39 Å². The lowest BCUT2D eigenvalue weighted by atomic mass is 10.2. The van der Waals surface area contributed by atoms with Crippen molar-refractivity contribution >= 4 is 20.9 Å². The standard InChI is InChI=1S/C15H14N2O3S/c18-15-10-13-8-4-5-9-14(13)17(15)16-21(19,20)11-12-6-2-1-3-7-12/h1-10,16,18H,11H2. The van der Waals surface area contributed by atoms with Crippen LogP contribution in [-0.2, 0) is 15.8 Å². The Morgan fingerprint density at radius 3 is 2.43 bits per heavy atom. The van der Waals surface area contributed by atoms with Crippen molar-refractivity contribution in [1.82, 2.24) is 4.68 Å². The second-order valence-electron chi connectivity index (χ2n) is 4.73. The van der Waals surface area contributed by atoms with E-state index in [1.807, 2.05) is 12.1 Å². The zero-order valence-electron chi connectivity index (χ0n) is 11.1. The van der Waals surface area contributed by atoms with Crippen LogP contribution in [0.15, 0.2) is 60.7 Å². The number of fused-ring (bicyclic) bond motifs is 1. The monoisotopic (exact) mass is 302 g/mol. The summed E-state index contributed by atoms with van der Waals surface area (Å²) >= 11 is 0. The minimum absolute atomic E-state index is 0.146. The molecule has 3 aromatic rings. The third-order valence-corrected chi connectivity index (χ3v) is 4.30. The first kappa shape index (κ1) is 13.5. The van der Waals surface area contributed by atoms with Crippen LogP contribution in [0.3, 0.4) is 0 Å². The molecule has 0 aliphatic heterocycles. The van der Waals surface area contributed by atoms with Crippen LogP contribution in [0, 0.1) is 0 Å². The molecule has 21 heavy (non-hydrogen) atoms. The SMILES string of the molecule is O=S(=O)(Cc1ccccc1)Nn1c(O)cc2ccccc21. The lowest BCUT2D eigenvalue weighted by molar-refractivity contribution is 0.439. The van der Waals surface area contributed by atoms with Crippen LogP contribution >= 0.6 is 0 Å². The van der Waals surface area contributed by atoms with Crippen molar-refractivity contribution in [3.05, 3.63) is 66.2 Å². The molecule has 0 bridgehead atoms. The summed E-state index contributed by atoms with van der Waals surface area (Å²) in [4.78, 5) is 2.40. The fourth-order valence-electron chi connectivity index (χ4n) is 2.20. The summed E-state index contributed by atoms with van der Waals surface area (Å²) in [6.07, 6.45) is 0. The van der Waals surface area contributed by atoms with E-state index in [-0.39, 0.29) is 11.6 Å². The predicted octanol–water partition coefficient (Wildman–Crippen LogP) is 2.42. The quantitative estimate of drug-likeness (QED) is 0.777. The van der Waals surface area contributed by atoms with Crippen molar-refractivity contribution in [1.29, 1.82) is 0 Å². The maximum Gasteiger partial charge on any atom is 0.250 e. The first-order valence-electron chi connectivity index (χ1n) is 6.39. The summed E-state index contributed by atoms with van der Waals surface area (Å²) in [5, 5.41) is 10.7. The molecule has 0 saturated heterocycles. The molecule has 0 fully saturated rings. The molecule has 1 heterocycles. The van der Waals surface area contributed by atoms with E-state index in [0.29, 0.717) is 11.1 Å². The zero-order chi connectivity index (χ0) is 14.9.